The van der Waals surface area contributed by atoms with E-state index in [9.17, 15) is 0 Å². The number of nitrogens with one attached hydrogen (secondary N) is 2. The number of fused-ring (bicyclic) bond motifs is 2. The number of rotatable bonds is 3. The third-order valence-corrected chi connectivity index (χ3v) is 5.42. The van der Waals surface area contributed by atoms with Gasteiger partial charge in [-0.15, -0.1) is 0 Å². The first-order valence-electron chi connectivity index (χ1n) is 9.60. The van der Waals surface area contributed by atoms with Crippen LogP contribution in [0.5, 0.6) is 0 Å². The van der Waals surface area contributed by atoms with Crippen LogP contribution < -0.4 is 0 Å². The summed E-state index contributed by atoms with van der Waals surface area (Å²) in [5, 5.41) is 9.95. The van der Waals surface area contributed by atoms with Crippen molar-refractivity contribution in [2.75, 3.05) is 0 Å². The van der Waals surface area contributed by atoms with Gasteiger partial charge in [-0.25, -0.2) is 0 Å². The maximum atomic E-state index is 4.59. The molecule has 5 heteroatoms. The standard InChI is InChI=1S/C24H17N5/c1-2-5-15(4-1)17-6-3-7-20-18(17)12-22(27-20)24-19-13-21(16-8-10-25-11-9-16)26-14-23(19)28-29-24/h1,3-14,27H,2H2,(H,28,29). The molecule has 0 radical (unpaired) electrons. The van der Waals surface area contributed by atoms with E-state index in [0.29, 0.717) is 0 Å². The molecule has 0 bridgehead atoms. The second-order valence-corrected chi connectivity index (χ2v) is 7.17. The molecular weight excluding hydrogens is 358 g/mol. The number of aromatic nitrogens is 5. The van der Waals surface area contributed by atoms with Crippen LogP contribution in [0.1, 0.15) is 12.0 Å². The summed E-state index contributed by atoms with van der Waals surface area (Å²) >= 11 is 0. The zero-order valence-corrected chi connectivity index (χ0v) is 15.6. The predicted octanol–water partition coefficient (Wildman–Crippen LogP) is 5.51. The Morgan fingerprint density at radius 1 is 0.931 bits per heavy atom. The van der Waals surface area contributed by atoms with Gasteiger partial charge in [-0.05, 0) is 47.9 Å². The van der Waals surface area contributed by atoms with Crippen molar-refractivity contribution in [2.24, 2.45) is 0 Å². The lowest BCUT2D eigenvalue weighted by Crippen LogP contribution is -1.84. The van der Waals surface area contributed by atoms with E-state index in [4.69, 9.17) is 0 Å². The molecule has 4 heterocycles. The maximum Gasteiger partial charge on any atom is 0.116 e. The molecule has 0 spiro atoms. The SMILES string of the molecule is C1=CC(c2cccc3[nH]c(-c4n[nH]c5cnc(-c6ccncc6)cc45)cc23)=CC1. The van der Waals surface area contributed by atoms with E-state index < -0.39 is 0 Å². The lowest BCUT2D eigenvalue weighted by molar-refractivity contribution is 1.11. The molecule has 29 heavy (non-hydrogen) atoms. The molecule has 2 N–H and O–H groups in total. The van der Waals surface area contributed by atoms with Crippen LogP contribution in [0.15, 0.2) is 79.3 Å². The van der Waals surface area contributed by atoms with Gasteiger partial charge in [-0.3, -0.25) is 15.1 Å². The molecule has 0 amide bonds. The molecule has 1 aliphatic rings. The van der Waals surface area contributed by atoms with Crippen molar-refractivity contribution >= 4 is 27.4 Å². The predicted molar refractivity (Wildman–Crippen MR) is 116 cm³/mol. The third kappa shape index (κ3) is 2.59. The first-order valence-corrected chi connectivity index (χ1v) is 9.60. The third-order valence-electron chi connectivity index (χ3n) is 5.42. The molecule has 0 fully saturated rings. The molecule has 0 atom stereocenters. The van der Waals surface area contributed by atoms with Crippen LogP contribution in [0.4, 0.5) is 0 Å². The Balaban J connectivity index is 1.52. The van der Waals surface area contributed by atoms with Crippen molar-refractivity contribution in [1.29, 1.82) is 0 Å². The number of H-pyrrole nitrogens is 2. The van der Waals surface area contributed by atoms with E-state index in [2.05, 4.69) is 73.7 Å². The number of hydrogen-bond donors (Lipinski definition) is 2. The van der Waals surface area contributed by atoms with Crippen LogP contribution >= 0.6 is 0 Å². The van der Waals surface area contributed by atoms with Crippen LogP contribution in [0.25, 0.3) is 50.0 Å². The number of benzene rings is 1. The Kier molecular flexibility index (Phi) is 3.46. The van der Waals surface area contributed by atoms with Crippen LogP contribution in [0.3, 0.4) is 0 Å². The van der Waals surface area contributed by atoms with Crippen LogP contribution in [0.2, 0.25) is 0 Å². The molecule has 1 aliphatic carbocycles. The van der Waals surface area contributed by atoms with Crippen molar-refractivity contribution in [1.82, 2.24) is 25.1 Å². The summed E-state index contributed by atoms with van der Waals surface area (Å²) in [7, 11) is 0. The molecule has 4 aromatic heterocycles. The fourth-order valence-corrected chi connectivity index (χ4v) is 3.99. The summed E-state index contributed by atoms with van der Waals surface area (Å²) in [4.78, 5) is 12.2. The molecule has 0 unspecified atom stereocenters. The molecule has 5 aromatic rings. The van der Waals surface area contributed by atoms with Crippen molar-refractivity contribution in [3.63, 3.8) is 0 Å². The zero-order chi connectivity index (χ0) is 19.2. The van der Waals surface area contributed by atoms with E-state index in [1.807, 2.05) is 18.3 Å². The van der Waals surface area contributed by atoms with Crippen molar-refractivity contribution in [3.8, 4) is 22.6 Å². The smallest absolute Gasteiger partial charge is 0.116 e. The fraction of sp³-hybridized carbons (Fsp3) is 0.0417. The normalized spacial score (nSPS) is 13.4. The van der Waals surface area contributed by atoms with Gasteiger partial charge >= 0.3 is 0 Å². The minimum Gasteiger partial charge on any atom is -0.353 e. The van der Waals surface area contributed by atoms with Gasteiger partial charge in [0.05, 0.1) is 23.1 Å². The van der Waals surface area contributed by atoms with Crippen molar-refractivity contribution in [3.05, 3.63) is 84.8 Å². The minimum absolute atomic E-state index is 0.899. The van der Waals surface area contributed by atoms with Gasteiger partial charge < -0.3 is 4.98 Å². The Hall–Kier alpha value is -3.99. The van der Waals surface area contributed by atoms with Crippen LogP contribution in [-0.4, -0.2) is 25.1 Å². The highest BCUT2D eigenvalue weighted by Gasteiger charge is 2.15. The minimum atomic E-state index is 0.899. The van der Waals surface area contributed by atoms with Crippen molar-refractivity contribution in [2.45, 2.75) is 6.42 Å². The Morgan fingerprint density at radius 3 is 2.72 bits per heavy atom. The highest BCUT2D eigenvalue weighted by molar-refractivity contribution is 6.01. The van der Waals surface area contributed by atoms with Gasteiger partial charge in [0, 0.05) is 34.2 Å². The Bertz CT molecular complexity index is 1420. The molecule has 1 aromatic carbocycles. The largest absolute Gasteiger partial charge is 0.353 e. The second kappa shape index (κ2) is 6.27. The van der Waals surface area contributed by atoms with Gasteiger partial charge in [-0.2, -0.15) is 5.10 Å². The van der Waals surface area contributed by atoms with Crippen LogP contribution in [-0.2, 0) is 0 Å². The molecule has 5 nitrogen and oxygen atoms in total. The molecule has 6 rings (SSSR count). The number of aromatic amines is 2. The average molecular weight is 375 g/mol. The Morgan fingerprint density at radius 2 is 1.86 bits per heavy atom. The lowest BCUT2D eigenvalue weighted by Gasteiger charge is -2.01. The molecule has 0 saturated heterocycles. The summed E-state index contributed by atoms with van der Waals surface area (Å²) in [6, 6.07) is 14.6. The summed E-state index contributed by atoms with van der Waals surface area (Å²) < 4.78 is 0. The fourth-order valence-electron chi connectivity index (χ4n) is 3.99. The van der Waals surface area contributed by atoms with E-state index >= 15 is 0 Å². The summed E-state index contributed by atoms with van der Waals surface area (Å²) in [6.45, 7) is 0. The van der Waals surface area contributed by atoms with Crippen LogP contribution in [0, 0.1) is 0 Å². The lowest BCUT2D eigenvalue weighted by atomic mass is 10.0. The van der Waals surface area contributed by atoms with E-state index in [-0.39, 0.29) is 0 Å². The van der Waals surface area contributed by atoms with Gasteiger partial charge in [0.1, 0.15) is 5.69 Å². The van der Waals surface area contributed by atoms with E-state index in [0.717, 1.165) is 45.5 Å². The zero-order valence-electron chi connectivity index (χ0n) is 15.6. The molecule has 0 saturated carbocycles. The van der Waals surface area contributed by atoms with Crippen molar-refractivity contribution < 1.29 is 0 Å². The summed E-state index contributed by atoms with van der Waals surface area (Å²) in [6.07, 6.45) is 13.0. The quantitative estimate of drug-likeness (QED) is 0.437. The van der Waals surface area contributed by atoms with Gasteiger partial charge in [-0.1, -0.05) is 30.4 Å². The van der Waals surface area contributed by atoms with E-state index in [1.165, 1.54) is 16.5 Å². The Labute approximate surface area is 166 Å². The van der Waals surface area contributed by atoms with Gasteiger partial charge in [0.2, 0.25) is 0 Å². The first kappa shape index (κ1) is 16.0. The number of pyridine rings is 2. The molecule has 0 aliphatic heterocycles. The molecular formula is C24H17N5. The number of nitrogens with zero attached hydrogens (tertiary/aromatic N) is 3. The summed E-state index contributed by atoms with van der Waals surface area (Å²) in [5.41, 5.74) is 8.38. The second-order valence-electron chi connectivity index (χ2n) is 7.17. The van der Waals surface area contributed by atoms with Gasteiger partial charge in [0.25, 0.3) is 0 Å². The maximum absolute atomic E-state index is 4.59. The monoisotopic (exact) mass is 375 g/mol. The molecule has 138 valence electrons. The van der Waals surface area contributed by atoms with E-state index in [1.54, 1.807) is 12.4 Å². The highest BCUT2D eigenvalue weighted by atomic mass is 15.1. The number of allylic oxidation sites excluding steroid dienone is 4. The topological polar surface area (TPSA) is 70.2 Å². The number of hydrogen-bond acceptors (Lipinski definition) is 3. The highest BCUT2D eigenvalue weighted by Crippen LogP contribution is 2.34. The average Bonchev–Trinajstić information content (AvgIpc) is 3.52. The first-order chi connectivity index (χ1) is 14.4. The van der Waals surface area contributed by atoms with Gasteiger partial charge in [0.15, 0.2) is 0 Å². The summed E-state index contributed by atoms with van der Waals surface area (Å²) in [5.74, 6) is 0.